The molecule has 0 N–H and O–H groups in total. The molecule has 1 aliphatic rings. The number of anilines is 1. The molecule has 104 valence electrons. The average molecular weight is 263 g/mol. The van der Waals surface area contributed by atoms with Gasteiger partial charge < -0.3 is 9.64 Å². The molecule has 0 saturated carbocycles. The lowest BCUT2D eigenvalue weighted by Crippen LogP contribution is -2.47. The predicted molar refractivity (Wildman–Crippen MR) is 74.1 cm³/mol. The van der Waals surface area contributed by atoms with E-state index in [1.54, 1.807) is 0 Å². The van der Waals surface area contributed by atoms with E-state index in [0.717, 1.165) is 38.5 Å². The fourth-order valence-corrected chi connectivity index (χ4v) is 2.22. The Morgan fingerprint density at radius 2 is 2.11 bits per heavy atom. The number of pyridine rings is 1. The van der Waals surface area contributed by atoms with Gasteiger partial charge in [0.05, 0.1) is 13.0 Å². The van der Waals surface area contributed by atoms with Crippen LogP contribution in [0.3, 0.4) is 0 Å². The molecule has 5 nitrogen and oxygen atoms in total. The maximum absolute atomic E-state index is 11.3. The van der Waals surface area contributed by atoms with Crippen LogP contribution in [0.5, 0.6) is 0 Å². The van der Waals surface area contributed by atoms with Crippen LogP contribution >= 0.6 is 0 Å². The number of carbonyl (C=O) groups is 1. The van der Waals surface area contributed by atoms with Crippen molar-refractivity contribution in [2.45, 2.75) is 13.3 Å². The zero-order valence-electron chi connectivity index (χ0n) is 11.4. The lowest BCUT2D eigenvalue weighted by atomic mass is 10.3. The molecule has 5 heteroatoms. The van der Waals surface area contributed by atoms with E-state index in [-0.39, 0.29) is 5.97 Å². The van der Waals surface area contributed by atoms with Crippen LogP contribution in [-0.4, -0.2) is 55.2 Å². The number of rotatable bonds is 5. The zero-order chi connectivity index (χ0) is 13.5. The molecule has 1 aromatic heterocycles. The Morgan fingerprint density at radius 1 is 1.32 bits per heavy atom. The molecule has 2 heterocycles. The number of hydrogen-bond acceptors (Lipinski definition) is 5. The van der Waals surface area contributed by atoms with E-state index in [0.29, 0.717) is 13.0 Å². The molecule has 1 aliphatic heterocycles. The first-order valence-electron chi connectivity index (χ1n) is 6.83. The summed E-state index contributed by atoms with van der Waals surface area (Å²) in [5, 5.41) is 0. The Hall–Kier alpha value is -1.62. The summed E-state index contributed by atoms with van der Waals surface area (Å²) < 4.78 is 4.94. The molecule has 1 aromatic rings. The number of carbonyl (C=O) groups excluding carboxylic acids is 1. The van der Waals surface area contributed by atoms with Crippen LogP contribution in [0.4, 0.5) is 5.82 Å². The van der Waals surface area contributed by atoms with Crippen molar-refractivity contribution in [3.63, 3.8) is 0 Å². The van der Waals surface area contributed by atoms with Gasteiger partial charge in [-0.3, -0.25) is 9.69 Å². The fraction of sp³-hybridized carbons (Fsp3) is 0.571. The highest BCUT2D eigenvalue weighted by Gasteiger charge is 2.18. The molecule has 0 atom stereocenters. The Labute approximate surface area is 114 Å². The van der Waals surface area contributed by atoms with Crippen LogP contribution in [0, 0.1) is 0 Å². The van der Waals surface area contributed by atoms with Crippen LogP contribution in [0.1, 0.15) is 13.3 Å². The van der Waals surface area contributed by atoms with E-state index >= 15 is 0 Å². The monoisotopic (exact) mass is 263 g/mol. The Balaban J connectivity index is 1.72. The maximum atomic E-state index is 11.3. The van der Waals surface area contributed by atoms with Gasteiger partial charge in [0, 0.05) is 38.9 Å². The lowest BCUT2D eigenvalue weighted by Gasteiger charge is -2.35. The van der Waals surface area contributed by atoms with Gasteiger partial charge in [0.2, 0.25) is 0 Å². The van der Waals surface area contributed by atoms with Crippen LogP contribution in [0.25, 0.3) is 0 Å². The molecule has 1 fully saturated rings. The van der Waals surface area contributed by atoms with E-state index in [2.05, 4.69) is 14.8 Å². The van der Waals surface area contributed by atoms with E-state index in [1.807, 2.05) is 31.3 Å². The lowest BCUT2D eigenvalue weighted by molar-refractivity contribution is -0.143. The highest BCUT2D eigenvalue weighted by molar-refractivity contribution is 5.69. The van der Waals surface area contributed by atoms with Gasteiger partial charge >= 0.3 is 5.97 Å². The molecule has 19 heavy (non-hydrogen) atoms. The summed E-state index contributed by atoms with van der Waals surface area (Å²) in [5.74, 6) is 0.933. The van der Waals surface area contributed by atoms with Gasteiger partial charge in [-0.2, -0.15) is 0 Å². The van der Waals surface area contributed by atoms with Crippen molar-refractivity contribution in [2.75, 3.05) is 44.2 Å². The van der Waals surface area contributed by atoms with E-state index in [1.165, 1.54) is 0 Å². The quantitative estimate of drug-likeness (QED) is 0.746. The molecule has 0 spiro atoms. The number of piperazine rings is 1. The topological polar surface area (TPSA) is 45.7 Å². The number of hydrogen-bond donors (Lipinski definition) is 0. The summed E-state index contributed by atoms with van der Waals surface area (Å²) in [4.78, 5) is 20.2. The van der Waals surface area contributed by atoms with Crippen molar-refractivity contribution in [3.8, 4) is 0 Å². The average Bonchev–Trinajstić information content (AvgIpc) is 2.47. The highest BCUT2D eigenvalue weighted by atomic mass is 16.5. The van der Waals surface area contributed by atoms with Gasteiger partial charge in [0.25, 0.3) is 0 Å². The maximum Gasteiger partial charge on any atom is 0.307 e. The van der Waals surface area contributed by atoms with E-state index in [4.69, 9.17) is 4.74 Å². The van der Waals surface area contributed by atoms with Crippen LogP contribution < -0.4 is 4.90 Å². The molecule has 2 rings (SSSR count). The predicted octanol–water partition coefficient (Wildman–Crippen LogP) is 1.16. The van der Waals surface area contributed by atoms with Crippen molar-refractivity contribution in [1.29, 1.82) is 0 Å². The molecule has 0 radical (unpaired) electrons. The minimum atomic E-state index is -0.102. The molecular weight excluding hydrogens is 242 g/mol. The Morgan fingerprint density at radius 3 is 2.74 bits per heavy atom. The van der Waals surface area contributed by atoms with Crippen molar-refractivity contribution >= 4 is 11.8 Å². The second kappa shape index (κ2) is 7.09. The Kier molecular flexibility index (Phi) is 5.15. The molecule has 0 aliphatic carbocycles. The third-order valence-electron chi connectivity index (χ3n) is 3.28. The summed E-state index contributed by atoms with van der Waals surface area (Å²) in [6.07, 6.45) is 2.31. The number of nitrogens with zero attached hydrogens (tertiary/aromatic N) is 3. The normalized spacial score (nSPS) is 16.4. The van der Waals surface area contributed by atoms with E-state index in [9.17, 15) is 4.79 Å². The highest BCUT2D eigenvalue weighted by Crippen LogP contribution is 2.12. The molecule has 1 saturated heterocycles. The zero-order valence-corrected chi connectivity index (χ0v) is 11.4. The molecule has 0 amide bonds. The van der Waals surface area contributed by atoms with Crippen LogP contribution in [0.2, 0.25) is 0 Å². The van der Waals surface area contributed by atoms with Gasteiger partial charge in [0.1, 0.15) is 5.82 Å². The van der Waals surface area contributed by atoms with Crippen molar-refractivity contribution in [2.24, 2.45) is 0 Å². The smallest absolute Gasteiger partial charge is 0.307 e. The first-order valence-corrected chi connectivity index (χ1v) is 6.83. The van der Waals surface area contributed by atoms with Gasteiger partial charge in [0.15, 0.2) is 0 Å². The fourth-order valence-electron chi connectivity index (χ4n) is 2.22. The molecule has 0 aromatic carbocycles. The Bertz CT molecular complexity index is 389. The first kappa shape index (κ1) is 13.8. The molecular formula is C14H21N3O2. The third kappa shape index (κ3) is 4.21. The summed E-state index contributed by atoms with van der Waals surface area (Å²) in [6.45, 7) is 6.94. The van der Waals surface area contributed by atoms with Crippen LogP contribution in [0.15, 0.2) is 24.4 Å². The van der Waals surface area contributed by atoms with Gasteiger partial charge in [-0.25, -0.2) is 4.98 Å². The summed E-state index contributed by atoms with van der Waals surface area (Å²) >= 11 is 0. The summed E-state index contributed by atoms with van der Waals surface area (Å²) in [6, 6.07) is 5.98. The molecule has 0 unspecified atom stereocenters. The van der Waals surface area contributed by atoms with Crippen molar-refractivity contribution < 1.29 is 9.53 Å². The standard InChI is InChI=1S/C14H21N3O2/c1-2-19-14(18)6-8-16-9-11-17(12-10-16)13-5-3-4-7-15-13/h3-5,7H,2,6,8-12H2,1H3. The first-order chi connectivity index (χ1) is 9.29. The van der Waals surface area contributed by atoms with E-state index < -0.39 is 0 Å². The number of ether oxygens (including phenoxy) is 1. The largest absolute Gasteiger partial charge is 0.466 e. The van der Waals surface area contributed by atoms with Crippen LogP contribution in [-0.2, 0) is 9.53 Å². The van der Waals surface area contributed by atoms with Gasteiger partial charge in [-0.05, 0) is 19.1 Å². The SMILES string of the molecule is CCOC(=O)CCN1CCN(c2ccccn2)CC1. The van der Waals surface area contributed by atoms with Crippen molar-refractivity contribution in [3.05, 3.63) is 24.4 Å². The number of esters is 1. The minimum Gasteiger partial charge on any atom is -0.466 e. The summed E-state index contributed by atoms with van der Waals surface area (Å²) in [5.41, 5.74) is 0. The number of aromatic nitrogens is 1. The minimum absolute atomic E-state index is 0.102. The third-order valence-corrected chi connectivity index (χ3v) is 3.28. The second-order valence-corrected chi connectivity index (χ2v) is 4.57. The molecule has 0 bridgehead atoms. The van der Waals surface area contributed by atoms with Crippen molar-refractivity contribution in [1.82, 2.24) is 9.88 Å². The summed E-state index contributed by atoms with van der Waals surface area (Å²) in [7, 11) is 0. The van der Waals surface area contributed by atoms with Gasteiger partial charge in [-0.15, -0.1) is 0 Å². The second-order valence-electron chi connectivity index (χ2n) is 4.57. The van der Waals surface area contributed by atoms with Gasteiger partial charge in [-0.1, -0.05) is 6.07 Å².